The van der Waals surface area contributed by atoms with E-state index in [4.69, 9.17) is 0 Å². The maximum Gasteiger partial charge on any atom is 0.416 e. The zero-order chi connectivity index (χ0) is 26.2. The molecular weight excluding hydrogens is 488 g/mol. The van der Waals surface area contributed by atoms with Crippen molar-refractivity contribution in [3.63, 3.8) is 0 Å². The number of benzene rings is 2. The second kappa shape index (κ2) is 9.23. The van der Waals surface area contributed by atoms with E-state index in [1.165, 1.54) is 12.1 Å². The summed E-state index contributed by atoms with van der Waals surface area (Å²) in [5.74, 6) is 4.12. The highest BCUT2D eigenvalue weighted by Crippen LogP contribution is 2.29. The van der Waals surface area contributed by atoms with Gasteiger partial charge in [-0.3, -0.25) is 19.0 Å². The molecule has 0 aliphatic carbocycles. The summed E-state index contributed by atoms with van der Waals surface area (Å²) in [6.07, 6.45) is 1.52. The summed E-state index contributed by atoms with van der Waals surface area (Å²) in [5, 5.41) is 6.58. The monoisotopic (exact) mass is 504 g/mol. The lowest BCUT2D eigenvalue weighted by atomic mass is 10.1. The van der Waals surface area contributed by atoms with Gasteiger partial charge in [0, 0.05) is 30.7 Å². The number of aryl methyl sites for hydroxylation is 1. The molecule has 7 nitrogen and oxygen atoms in total. The second-order valence-corrected chi connectivity index (χ2v) is 8.02. The van der Waals surface area contributed by atoms with E-state index in [9.17, 15) is 22.4 Å². The number of carbonyl (C=O) groups is 1. The molecule has 37 heavy (non-hydrogen) atoms. The first kappa shape index (κ1) is 23.7. The Balaban J connectivity index is 1.37. The number of carbonyl (C=O) groups excluding carboxylic acids is 1. The third kappa shape index (κ3) is 5.04. The maximum atomic E-state index is 14.4. The zero-order valence-corrected chi connectivity index (χ0v) is 19.1. The van der Waals surface area contributed by atoms with Gasteiger partial charge in [-0.1, -0.05) is 11.8 Å². The molecule has 5 rings (SSSR count). The fourth-order valence-corrected chi connectivity index (χ4v) is 3.59. The number of amides is 1. The maximum absolute atomic E-state index is 14.4. The van der Waals surface area contributed by atoms with E-state index in [-0.39, 0.29) is 11.3 Å². The van der Waals surface area contributed by atoms with Gasteiger partial charge >= 0.3 is 6.18 Å². The molecule has 3 heterocycles. The molecule has 2 aromatic carbocycles. The molecule has 1 N–H and O–H groups in total. The number of imidazole rings is 1. The van der Waals surface area contributed by atoms with Crippen molar-refractivity contribution >= 4 is 22.6 Å². The molecule has 0 unspecified atom stereocenters. The molecule has 11 heteroatoms. The SMILES string of the molecule is Cn1cc(-n2cnc3cc(C#Cc4cc(NC(=O)c5cc(C(F)(F)F)ccn5)ccc4F)ccc32)cn1. The van der Waals surface area contributed by atoms with E-state index in [0.717, 1.165) is 29.5 Å². The number of anilines is 1. The van der Waals surface area contributed by atoms with Crippen LogP contribution in [0.2, 0.25) is 0 Å². The number of nitrogens with one attached hydrogen (secondary N) is 1. The van der Waals surface area contributed by atoms with Crippen LogP contribution in [0.4, 0.5) is 23.2 Å². The Morgan fingerprint density at radius 1 is 1.03 bits per heavy atom. The van der Waals surface area contributed by atoms with Crippen LogP contribution < -0.4 is 5.32 Å². The number of rotatable bonds is 3. The summed E-state index contributed by atoms with van der Waals surface area (Å²) in [5.41, 5.74) is 1.70. The summed E-state index contributed by atoms with van der Waals surface area (Å²) in [7, 11) is 1.82. The number of hydrogen-bond acceptors (Lipinski definition) is 4. The molecule has 184 valence electrons. The molecule has 0 bridgehead atoms. The van der Waals surface area contributed by atoms with Crippen molar-refractivity contribution in [3.8, 4) is 17.5 Å². The molecule has 3 aromatic heterocycles. The van der Waals surface area contributed by atoms with Gasteiger partial charge < -0.3 is 5.32 Å². The summed E-state index contributed by atoms with van der Waals surface area (Å²) in [6.45, 7) is 0. The number of pyridine rings is 1. The van der Waals surface area contributed by atoms with E-state index in [2.05, 4.69) is 32.2 Å². The second-order valence-electron chi connectivity index (χ2n) is 8.02. The molecule has 0 saturated heterocycles. The fourth-order valence-electron chi connectivity index (χ4n) is 3.59. The number of fused-ring (bicyclic) bond motifs is 1. The van der Waals surface area contributed by atoms with E-state index in [1.807, 2.05) is 23.9 Å². The van der Waals surface area contributed by atoms with Crippen LogP contribution in [0.25, 0.3) is 16.7 Å². The van der Waals surface area contributed by atoms with Crippen molar-refractivity contribution in [1.29, 1.82) is 0 Å². The van der Waals surface area contributed by atoms with Crippen molar-refractivity contribution < 1.29 is 22.4 Å². The van der Waals surface area contributed by atoms with Crippen LogP contribution >= 0.6 is 0 Å². The van der Waals surface area contributed by atoms with Crippen LogP contribution in [-0.4, -0.2) is 30.2 Å². The van der Waals surface area contributed by atoms with Crippen molar-refractivity contribution in [3.05, 3.63) is 102 Å². The van der Waals surface area contributed by atoms with Crippen molar-refractivity contribution in [2.24, 2.45) is 7.05 Å². The smallest absolute Gasteiger partial charge is 0.321 e. The largest absolute Gasteiger partial charge is 0.416 e. The van der Waals surface area contributed by atoms with Crippen LogP contribution in [0.1, 0.15) is 27.2 Å². The van der Waals surface area contributed by atoms with Crippen LogP contribution in [0, 0.1) is 17.7 Å². The van der Waals surface area contributed by atoms with Crippen molar-refractivity contribution in [2.45, 2.75) is 6.18 Å². The minimum Gasteiger partial charge on any atom is -0.321 e. The highest BCUT2D eigenvalue weighted by molar-refractivity contribution is 6.03. The Kier molecular flexibility index (Phi) is 5.93. The van der Waals surface area contributed by atoms with Crippen LogP contribution in [0.3, 0.4) is 0 Å². The minimum absolute atomic E-state index is 0.00390. The summed E-state index contributed by atoms with van der Waals surface area (Å²) in [6, 6.07) is 10.5. The van der Waals surface area contributed by atoms with Gasteiger partial charge in [-0.05, 0) is 48.5 Å². The first-order chi connectivity index (χ1) is 17.7. The molecule has 1 amide bonds. The highest BCUT2D eigenvalue weighted by Gasteiger charge is 2.31. The molecule has 0 aliphatic rings. The highest BCUT2D eigenvalue weighted by atomic mass is 19.4. The average molecular weight is 504 g/mol. The quantitative estimate of drug-likeness (QED) is 0.278. The minimum atomic E-state index is -4.61. The van der Waals surface area contributed by atoms with E-state index >= 15 is 0 Å². The van der Waals surface area contributed by atoms with Gasteiger partial charge in [0.05, 0.1) is 34.0 Å². The van der Waals surface area contributed by atoms with E-state index < -0.39 is 29.2 Å². The molecule has 0 radical (unpaired) electrons. The summed E-state index contributed by atoms with van der Waals surface area (Å²) < 4.78 is 56.7. The van der Waals surface area contributed by atoms with Gasteiger partial charge in [0.15, 0.2) is 0 Å². The fraction of sp³-hybridized carbons (Fsp3) is 0.0769. The predicted octanol–water partition coefficient (Wildman–Crippen LogP) is 4.96. The normalized spacial score (nSPS) is 11.3. The zero-order valence-electron chi connectivity index (χ0n) is 19.1. The molecule has 0 spiro atoms. The summed E-state index contributed by atoms with van der Waals surface area (Å²) >= 11 is 0. The lowest BCUT2D eigenvalue weighted by Gasteiger charge is -2.09. The van der Waals surface area contributed by atoms with Crippen molar-refractivity contribution in [1.82, 2.24) is 24.3 Å². The predicted molar refractivity (Wildman–Crippen MR) is 127 cm³/mol. The molecule has 5 aromatic rings. The number of nitrogens with zero attached hydrogens (tertiary/aromatic N) is 5. The number of hydrogen-bond donors (Lipinski definition) is 1. The van der Waals surface area contributed by atoms with E-state index in [1.54, 1.807) is 29.3 Å². The van der Waals surface area contributed by atoms with Crippen LogP contribution in [0.5, 0.6) is 0 Å². The Morgan fingerprint density at radius 2 is 1.86 bits per heavy atom. The molecular formula is C26H16F4N6O. The molecule has 0 fully saturated rings. The molecule has 0 saturated carbocycles. The third-order valence-electron chi connectivity index (χ3n) is 5.40. The third-order valence-corrected chi connectivity index (χ3v) is 5.40. The standard InChI is InChI=1S/C26H16F4N6O/c1-35-14-20(13-33-35)36-15-32-22-10-16(3-7-24(22)36)2-4-17-11-19(5-6-21(17)27)34-25(37)23-12-18(8-9-31-23)26(28,29)30/h3,5-15H,1H3,(H,34,37). The van der Waals surface area contributed by atoms with E-state index in [0.29, 0.717) is 17.1 Å². The number of aromatic nitrogens is 5. The Bertz CT molecular complexity index is 1710. The average Bonchev–Trinajstić information content (AvgIpc) is 3.49. The van der Waals surface area contributed by atoms with Gasteiger partial charge in [0.2, 0.25) is 0 Å². The van der Waals surface area contributed by atoms with Gasteiger partial charge in [-0.15, -0.1) is 0 Å². The lowest BCUT2D eigenvalue weighted by Crippen LogP contribution is -2.15. The molecule has 0 atom stereocenters. The number of alkyl halides is 3. The summed E-state index contributed by atoms with van der Waals surface area (Å²) in [4.78, 5) is 20.5. The van der Waals surface area contributed by atoms with Crippen molar-refractivity contribution in [2.75, 3.05) is 5.32 Å². The lowest BCUT2D eigenvalue weighted by molar-refractivity contribution is -0.137. The topological polar surface area (TPSA) is 77.6 Å². The Morgan fingerprint density at radius 3 is 2.62 bits per heavy atom. The van der Waals surface area contributed by atoms with Crippen LogP contribution in [0.15, 0.2) is 73.4 Å². The van der Waals surface area contributed by atoms with Gasteiger partial charge in [-0.25, -0.2) is 9.37 Å². The molecule has 0 aliphatic heterocycles. The first-order valence-corrected chi connectivity index (χ1v) is 10.8. The Hall–Kier alpha value is -4.98. The van der Waals surface area contributed by atoms with Crippen LogP contribution in [-0.2, 0) is 13.2 Å². The first-order valence-electron chi connectivity index (χ1n) is 10.8. The number of halogens is 4. The Labute approximate surface area is 207 Å². The van der Waals surface area contributed by atoms with Gasteiger partial charge in [0.25, 0.3) is 5.91 Å². The van der Waals surface area contributed by atoms with Gasteiger partial charge in [-0.2, -0.15) is 18.3 Å². The van der Waals surface area contributed by atoms with Gasteiger partial charge in [0.1, 0.15) is 17.8 Å².